The summed E-state index contributed by atoms with van der Waals surface area (Å²) >= 11 is 0. The molecule has 1 atom stereocenters. The third-order valence-corrected chi connectivity index (χ3v) is 3.75. The van der Waals surface area contributed by atoms with Gasteiger partial charge >= 0.3 is 0 Å². The fraction of sp³-hybridized carbons (Fsp3) is 0.316. The molecule has 0 fully saturated rings. The predicted molar refractivity (Wildman–Crippen MR) is 89.1 cm³/mol. The van der Waals surface area contributed by atoms with E-state index < -0.39 is 0 Å². The van der Waals surface area contributed by atoms with E-state index >= 15 is 0 Å². The Bertz CT molecular complexity index is 602. The molecule has 0 aliphatic rings. The van der Waals surface area contributed by atoms with E-state index in [0.717, 1.165) is 23.3 Å². The van der Waals surface area contributed by atoms with Crippen LogP contribution in [-0.2, 0) is 11.2 Å². The van der Waals surface area contributed by atoms with Crippen LogP contribution in [0.5, 0.6) is 5.75 Å². The zero-order valence-electron chi connectivity index (χ0n) is 13.4. The van der Waals surface area contributed by atoms with Crippen molar-refractivity contribution >= 4 is 5.91 Å². The Kier molecular flexibility index (Phi) is 5.59. The fourth-order valence-electron chi connectivity index (χ4n) is 2.39. The van der Waals surface area contributed by atoms with Crippen LogP contribution in [-0.4, -0.2) is 13.0 Å². The maximum Gasteiger partial charge on any atom is 0.224 e. The Balaban J connectivity index is 1.99. The summed E-state index contributed by atoms with van der Waals surface area (Å²) < 4.78 is 5.16. The van der Waals surface area contributed by atoms with Gasteiger partial charge in [0.1, 0.15) is 5.75 Å². The SMILES string of the molecule is CCC(NC(=O)Cc1ccc(C)cc1)c1ccc(OC)cc1. The third kappa shape index (κ3) is 4.35. The van der Waals surface area contributed by atoms with Gasteiger partial charge in [0.05, 0.1) is 19.6 Å². The van der Waals surface area contributed by atoms with Crippen molar-refractivity contribution in [2.45, 2.75) is 32.7 Å². The molecular formula is C19H23NO2. The van der Waals surface area contributed by atoms with E-state index in [4.69, 9.17) is 4.74 Å². The summed E-state index contributed by atoms with van der Waals surface area (Å²) in [6.45, 7) is 4.11. The van der Waals surface area contributed by atoms with Crippen LogP contribution in [0.4, 0.5) is 0 Å². The number of nitrogens with one attached hydrogen (secondary N) is 1. The van der Waals surface area contributed by atoms with E-state index in [1.54, 1.807) is 7.11 Å². The molecule has 2 aromatic carbocycles. The first-order valence-corrected chi connectivity index (χ1v) is 7.61. The second-order valence-electron chi connectivity index (χ2n) is 5.46. The van der Waals surface area contributed by atoms with Gasteiger partial charge in [-0.2, -0.15) is 0 Å². The molecule has 0 heterocycles. The van der Waals surface area contributed by atoms with Gasteiger partial charge < -0.3 is 10.1 Å². The largest absolute Gasteiger partial charge is 0.497 e. The van der Waals surface area contributed by atoms with Crippen LogP contribution in [0.25, 0.3) is 0 Å². The number of methoxy groups -OCH3 is 1. The maximum absolute atomic E-state index is 12.2. The van der Waals surface area contributed by atoms with Crippen LogP contribution in [0.3, 0.4) is 0 Å². The second kappa shape index (κ2) is 7.64. The minimum absolute atomic E-state index is 0.0313. The van der Waals surface area contributed by atoms with Gasteiger partial charge in [0, 0.05) is 0 Å². The molecule has 0 saturated carbocycles. The van der Waals surface area contributed by atoms with E-state index in [0.29, 0.717) is 6.42 Å². The molecule has 0 bridgehead atoms. The standard InChI is InChI=1S/C19H23NO2/c1-4-18(16-9-11-17(22-3)12-10-16)20-19(21)13-15-7-5-14(2)6-8-15/h5-12,18H,4,13H2,1-3H3,(H,20,21). The van der Waals surface area contributed by atoms with Crippen molar-refractivity contribution in [3.63, 3.8) is 0 Å². The Morgan fingerprint density at radius 2 is 1.73 bits per heavy atom. The van der Waals surface area contributed by atoms with Crippen molar-refractivity contribution in [1.29, 1.82) is 0 Å². The number of hydrogen-bond acceptors (Lipinski definition) is 2. The molecule has 116 valence electrons. The molecule has 3 heteroatoms. The van der Waals surface area contributed by atoms with Gasteiger partial charge in [-0.1, -0.05) is 48.9 Å². The van der Waals surface area contributed by atoms with Crippen molar-refractivity contribution < 1.29 is 9.53 Å². The normalized spacial score (nSPS) is 11.8. The smallest absolute Gasteiger partial charge is 0.224 e. The summed E-state index contributed by atoms with van der Waals surface area (Å²) in [7, 11) is 1.65. The van der Waals surface area contributed by atoms with Crippen LogP contribution in [0.15, 0.2) is 48.5 Å². The number of ether oxygens (including phenoxy) is 1. The molecule has 0 aromatic heterocycles. The van der Waals surface area contributed by atoms with Gasteiger partial charge in [-0.3, -0.25) is 4.79 Å². The fourth-order valence-corrected chi connectivity index (χ4v) is 2.39. The van der Waals surface area contributed by atoms with Crippen LogP contribution in [0.1, 0.15) is 36.1 Å². The summed E-state index contributed by atoms with van der Waals surface area (Å²) in [4.78, 5) is 12.2. The topological polar surface area (TPSA) is 38.3 Å². The molecule has 22 heavy (non-hydrogen) atoms. The summed E-state index contributed by atoms with van der Waals surface area (Å²) in [5.74, 6) is 0.871. The van der Waals surface area contributed by atoms with Crippen LogP contribution < -0.4 is 10.1 Å². The zero-order chi connectivity index (χ0) is 15.9. The Morgan fingerprint density at radius 1 is 1.09 bits per heavy atom. The summed E-state index contributed by atoms with van der Waals surface area (Å²) in [6.07, 6.45) is 1.26. The molecular weight excluding hydrogens is 274 g/mol. The van der Waals surface area contributed by atoms with Gasteiger partial charge in [0.15, 0.2) is 0 Å². The number of carbonyl (C=O) groups excluding carboxylic acids is 1. The summed E-state index contributed by atoms with van der Waals surface area (Å²) in [6, 6.07) is 15.9. The van der Waals surface area contributed by atoms with Gasteiger partial charge in [-0.15, -0.1) is 0 Å². The highest BCUT2D eigenvalue weighted by molar-refractivity contribution is 5.79. The van der Waals surface area contributed by atoms with Crippen LogP contribution in [0, 0.1) is 6.92 Å². The molecule has 0 aliphatic heterocycles. The minimum Gasteiger partial charge on any atom is -0.497 e. The highest BCUT2D eigenvalue weighted by atomic mass is 16.5. The first kappa shape index (κ1) is 16.1. The lowest BCUT2D eigenvalue weighted by atomic mass is 10.0. The summed E-state index contributed by atoms with van der Waals surface area (Å²) in [5.41, 5.74) is 3.34. The van der Waals surface area contributed by atoms with Crippen LogP contribution >= 0.6 is 0 Å². The lowest BCUT2D eigenvalue weighted by Gasteiger charge is -2.18. The monoisotopic (exact) mass is 297 g/mol. The average Bonchev–Trinajstić information content (AvgIpc) is 2.55. The van der Waals surface area contributed by atoms with Crippen molar-refractivity contribution in [2.75, 3.05) is 7.11 Å². The average molecular weight is 297 g/mol. The molecule has 0 saturated heterocycles. The number of amides is 1. The van der Waals surface area contributed by atoms with E-state index in [9.17, 15) is 4.79 Å². The lowest BCUT2D eigenvalue weighted by Crippen LogP contribution is -2.29. The zero-order valence-corrected chi connectivity index (χ0v) is 13.4. The molecule has 2 aromatic rings. The molecule has 1 amide bonds. The number of carbonyl (C=O) groups is 1. The molecule has 2 rings (SSSR count). The van der Waals surface area contributed by atoms with Crippen LogP contribution in [0.2, 0.25) is 0 Å². The Morgan fingerprint density at radius 3 is 2.27 bits per heavy atom. The maximum atomic E-state index is 12.2. The van der Waals surface area contributed by atoms with Gasteiger partial charge in [-0.25, -0.2) is 0 Å². The lowest BCUT2D eigenvalue weighted by molar-refractivity contribution is -0.121. The number of aryl methyl sites for hydroxylation is 1. The van der Waals surface area contributed by atoms with Gasteiger partial charge in [0.25, 0.3) is 0 Å². The van der Waals surface area contributed by atoms with E-state index in [1.807, 2.05) is 55.5 Å². The molecule has 0 aliphatic carbocycles. The molecule has 0 spiro atoms. The first-order valence-electron chi connectivity index (χ1n) is 7.61. The second-order valence-corrected chi connectivity index (χ2v) is 5.46. The highest BCUT2D eigenvalue weighted by Crippen LogP contribution is 2.20. The predicted octanol–water partition coefficient (Wildman–Crippen LogP) is 3.81. The van der Waals surface area contributed by atoms with Gasteiger partial charge in [0.2, 0.25) is 5.91 Å². The number of rotatable bonds is 6. The van der Waals surface area contributed by atoms with E-state index in [2.05, 4.69) is 12.2 Å². The molecule has 0 radical (unpaired) electrons. The van der Waals surface area contributed by atoms with E-state index in [-0.39, 0.29) is 11.9 Å². The molecule has 3 nitrogen and oxygen atoms in total. The molecule has 1 unspecified atom stereocenters. The van der Waals surface area contributed by atoms with Crippen molar-refractivity contribution in [1.82, 2.24) is 5.32 Å². The minimum atomic E-state index is 0.0313. The Hall–Kier alpha value is -2.29. The quantitative estimate of drug-likeness (QED) is 0.880. The number of hydrogen-bond donors (Lipinski definition) is 1. The molecule has 1 N–H and O–H groups in total. The van der Waals surface area contributed by atoms with Crippen molar-refractivity contribution in [3.8, 4) is 5.75 Å². The van der Waals surface area contributed by atoms with E-state index in [1.165, 1.54) is 5.56 Å². The van der Waals surface area contributed by atoms with Gasteiger partial charge in [-0.05, 0) is 36.6 Å². The Labute approximate surface area is 132 Å². The van der Waals surface area contributed by atoms with Crippen molar-refractivity contribution in [3.05, 3.63) is 65.2 Å². The number of benzene rings is 2. The highest BCUT2D eigenvalue weighted by Gasteiger charge is 2.13. The first-order chi connectivity index (χ1) is 10.6. The summed E-state index contributed by atoms with van der Waals surface area (Å²) in [5, 5.41) is 3.10. The third-order valence-electron chi connectivity index (χ3n) is 3.75. The van der Waals surface area contributed by atoms with Crippen molar-refractivity contribution in [2.24, 2.45) is 0 Å².